The van der Waals surface area contributed by atoms with Crippen LogP contribution in [0.4, 0.5) is 30.5 Å². The molecule has 0 aliphatic heterocycles. The Kier molecular flexibility index (Phi) is 4.80. The topological polar surface area (TPSA) is 37.0 Å². The Labute approximate surface area is 129 Å². The molecule has 0 atom stereocenters. The number of benzene rings is 1. The molecule has 1 aromatic carbocycles. The highest BCUT2D eigenvalue weighted by molar-refractivity contribution is 6.39. The van der Waals surface area contributed by atoms with E-state index in [-0.39, 0.29) is 27.4 Å². The summed E-state index contributed by atoms with van der Waals surface area (Å²) in [6, 6.07) is 2.71. The number of halogens is 5. The molecular formula is C13H10Cl2F3N3. The first-order valence-electron chi connectivity index (χ1n) is 5.93. The summed E-state index contributed by atoms with van der Waals surface area (Å²) in [4.78, 5) is 3.78. The third kappa shape index (κ3) is 3.51. The second kappa shape index (κ2) is 6.41. The van der Waals surface area contributed by atoms with Crippen molar-refractivity contribution >= 4 is 40.5 Å². The van der Waals surface area contributed by atoms with Gasteiger partial charge in [-0.2, -0.15) is 0 Å². The van der Waals surface area contributed by atoms with Crippen molar-refractivity contribution in [2.75, 3.05) is 17.2 Å². The van der Waals surface area contributed by atoms with Crippen LogP contribution in [0.2, 0.25) is 10.0 Å². The second-order valence-corrected chi connectivity index (χ2v) is 4.86. The first-order chi connectivity index (χ1) is 9.92. The maximum Gasteiger partial charge on any atom is 0.169 e. The molecule has 21 heavy (non-hydrogen) atoms. The largest absolute Gasteiger partial charge is 0.368 e. The van der Waals surface area contributed by atoms with Gasteiger partial charge in [-0.05, 0) is 19.1 Å². The van der Waals surface area contributed by atoms with E-state index in [1.807, 2.05) is 0 Å². The molecule has 8 heteroatoms. The fourth-order valence-corrected chi connectivity index (χ4v) is 2.18. The summed E-state index contributed by atoms with van der Waals surface area (Å²) in [7, 11) is 0. The van der Waals surface area contributed by atoms with Gasteiger partial charge in [-0.1, -0.05) is 23.2 Å². The molecule has 0 unspecified atom stereocenters. The molecule has 0 aliphatic rings. The smallest absolute Gasteiger partial charge is 0.169 e. The van der Waals surface area contributed by atoms with Crippen molar-refractivity contribution in [3.63, 3.8) is 0 Å². The first kappa shape index (κ1) is 15.7. The second-order valence-electron chi connectivity index (χ2n) is 4.05. The zero-order valence-corrected chi connectivity index (χ0v) is 12.3. The van der Waals surface area contributed by atoms with E-state index in [2.05, 4.69) is 15.6 Å². The van der Waals surface area contributed by atoms with Crippen LogP contribution in [0.15, 0.2) is 18.2 Å². The zero-order chi connectivity index (χ0) is 15.6. The lowest BCUT2D eigenvalue weighted by atomic mass is 10.3. The molecule has 112 valence electrons. The number of anilines is 3. The summed E-state index contributed by atoms with van der Waals surface area (Å²) in [6.45, 7) is 2.15. The molecule has 0 amide bonds. The van der Waals surface area contributed by atoms with Gasteiger partial charge in [-0.3, -0.25) is 0 Å². The molecule has 1 aromatic heterocycles. The van der Waals surface area contributed by atoms with Gasteiger partial charge < -0.3 is 10.6 Å². The molecule has 2 rings (SSSR count). The SMILES string of the molecule is CCNc1nc(Nc2c(Cl)cc(F)cc2Cl)c(F)cc1F. The summed E-state index contributed by atoms with van der Waals surface area (Å²) in [5.74, 6) is -2.77. The van der Waals surface area contributed by atoms with E-state index in [1.54, 1.807) is 6.92 Å². The van der Waals surface area contributed by atoms with Crippen molar-refractivity contribution in [3.8, 4) is 0 Å². The van der Waals surface area contributed by atoms with E-state index in [0.717, 1.165) is 12.1 Å². The maximum atomic E-state index is 13.7. The average Bonchev–Trinajstić information content (AvgIpc) is 2.38. The van der Waals surface area contributed by atoms with Crippen molar-refractivity contribution in [2.45, 2.75) is 6.92 Å². The minimum Gasteiger partial charge on any atom is -0.368 e. The summed E-state index contributed by atoms with van der Waals surface area (Å²) < 4.78 is 40.3. The predicted octanol–water partition coefficient (Wildman–Crippen LogP) is 4.98. The quantitative estimate of drug-likeness (QED) is 0.827. The molecule has 0 saturated heterocycles. The Bertz CT molecular complexity index is 657. The highest BCUT2D eigenvalue weighted by Gasteiger charge is 2.15. The van der Waals surface area contributed by atoms with Crippen LogP contribution in [0.25, 0.3) is 0 Å². The third-order valence-electron chi connectivity index (χ3n) is 2.52. The van der Waals surface area contributed by atoms with Crippen LogP contribution in [-0.2, 0) is 0 Å². The van der Waals surface area contributed by atoms with Crippen molar-refractivity contribution in [1.82, 2.24) is 4.98 Å². The normalized spacial score (nSPS) is 10.6. The van der Waals surface area contributed by atoms with E-state index in [9.17, 15) is 13.2 Å². The number of aromatic nitrogens is 1. The van der Waals surface area contributed by atoms with Crippen LogP contribution in [-0.4, -0.2) is 11.5 Å². The number of hydrogen-bond acceptors (Lipinski definition) is 3. The monoisotopic (exact) mass is 335 g/mol. The van der Waals surface area contributed by atoms with Crippen molar-refractivity contribution in [2.24, 2.45) is 0 Å². The molecular weight excluding hydrogens is 326 g/mol. The Morgan fingerprint density at radius 3 is 2.14 bits per heavy atom. The number of nitrogens with zero attached hydrogens (tertiary/aromatic N) is 1. The summed E-state index contributed by atoms with van der Waals surface area (Å²) in [6.07, 6.45) is 0. The average molecular weight is 336 g/mol. The van der Waals surface area contributed by atoms with Crippen LogP contribution < -0.4 is 10.6 Å². The lowest BCUT2D eigenvalue weighted by molar-refractivity contribution is 0.579. The molecule has 0 bridgehead atoms. The highest BCUT2D eigenvalue weighted by atomic mass is 35.5. The third-order valence-corrected chi connectivity index (χ3v) is 3.12. The molecule has 2 N–H and O–H groups in total. The molecule has 0 radical (unpaired) electrons. The van der Waals surface area contributed by atoms with Crippen molar-refractivity contribution in [3.05, 3.63) is 45.7 Å². The fourth-order valence-electron chi connectivity index (χ4n) is 1.63. The minimum absolute atomic E-state index is 0.0458. The van der Waals surface area contributed by atoms with E-state index >= 15 is 0 Å². The van der Waals surface area contributed by atoms with Gasteiger partial charge >= 0.3 is 0 Å². The highest BCUT2D eigenvalue weighted by Crippen LogP contribution is 2.34. The number of rotatable bonds is 4. The maximum absolute atomic E-state index is 13.7. The van der Waals surface area contributed by atoms with Gasteiger partial charge in [0.15, 0.2) is 23.3 Å². The molecule has 0 fully saturated rings. The number of pyridine rings is 1. The molecule has 1 heterocycles. The predicted molar refractivity (Wildman–Crippen MR) is 78.0 cm³/mol. The van der Waals surface area contributed by atoms with Crippen molar-refractivity contribution in [1.29, 1.82) is 0 Å². The van der Waals surface area contributed by atoms with Crippen LogP contribution in [0.3, 0.4) is 0 Å². The van der Waals surface area contributed by atoms with Crippen LogP contribution in [0.5, 0.6) is 0 Å². The minimum atomic E-state index is -0.925. The standard InChI is InChI=1S/C13H10Cl2F3N3/c1-2-19-12-9(17)5-10(18)13(21-12)20-11-7(14)3-6(16)4-8(11)15/h3-5H,2H2,1H3,(H2,19,20,21). The first-order valence-corrected chi connectivity index (χ1v) is 6.69. The summed E-state index contributed by atoms with van der Waals surface area (Å²) >= 11 is 11.7. The molecule has 2 aromatic rings. The van der Waals surface area contributed by atoms with Crippen LogP contribution >= 0.6 is 23.2 Å². The van der Waals surface area contributed by atoms with Crippen LogP contribution in [0.1, 0.15) is 6.92 Å². The van der Waals surface area contributed by atoms with Gasteiger partial charge in [0, 0.05) is 12.6 Å². The number of hydrogen-bond donors (Lipinski definition) is 2. The Balaban J connectivity index is 2.42. The van der Waals surface area contributed by atoms with E-state index in [0.29, 0.717) is 12.6 Å². The fraction of sp³-hybridized carbons (Fsp3) is 0.154. The Morgan fingerprint density at radius 1 is 1.00 bits per heavy atom. The zero-order valence-electron chi connectivity index (χ0n) is 10.8. The van der Waals surface area contributed by atoms with E-state index < -0.39 is 17.5 Å². The van der Waals surface area contributed by atoms with Gasteiger partial charge in [-0.15, -0.1) is 0 Å². The van der Waals surface area contributed by atoms with Gasteiger partial charge in [0.05, 0.1) is 15.7 Å². The molecule has 0 aliphatic carbocycles. The van der Waals surface area contributed by atoms with Crippen LogP contribution in [0, 0.1) is 17.5 Å². The van der Waals surface area contributed by atoms with Gasteiger partial charge in [0.25, 0.3) is 0 Å². The molecule has 0 spiro atoms. The van der Waals surface area contributed by atoms with Gasteiger partial charge in [0.1, 0.15) is 5.82 Å². The Morgan fingerprint density at radius 2 is 1.57 bits per heavy atom. The van der Waals surface area contributed by atoms with Gasteiger partial charge in [0.2, 0.25) is 0 Å². The lowest BCUT2D eigenvalue weighted by Crippen LogP contribution is -2.06. The Hall–Kier alpha value is -1.66. The lowest BCUT2D eigenvalue weighted by Gasteiger charge is -2.12. The summed E-state index contributed by atoms with van der Waals surface area (Å²) in [5.41, 5.74) is 0.0835. The van der Waals surface area contributed by atoms with E-state index in [1.165, 1.54) is 0 Å². The number of nitrogens with one attached hydrogen (secondary N) is 2. The van der Waals surface area contributed by atoms with E-state index in [4.69, 9.17) is 23.2 Å². The van der Waals surface area contributed by atoms with Gasteiger partial charge in [-0.25, -0.2) is 18.2 Å². The summed E-state index contributed by atoms with van der Waals surface area (Å²) in [5, 5.41) is 5.10. The molecule has 3 nitrogen and oxygen atoms in total. The molecule has 0 saturated carbocycles. The van der Waals surface area contributed by atoms with Crippen molar-refractivity contribution < 1.29 is 13.2 Å².